The van der Waals surface area contributed by atoms with Crippen LogP contribution in [0.3, 0.4) is 0 Å². The van der Waals surface area contributed by atoms with Crippen LogP contribution in [0.1, 0.15) is 5.56 Å². The lowest BCUT2D eigenvalue weighted by atomic mass is 10.2. The SMILES string of the molecule is C(=C\[Si](c1ccccc1)c1ccccc1)/c1ccccc1. The fourth-order valence-corrected chi connectivity index (χ4v) is 4.52. The van der Waals surface area contributed by atoms with E-state index in [9.17, 15) is 0 Å². The van der Waals surface area contributed by atoms with Crippen molar-refractivity contribution in [2.45, 2.75) is 0 Å². The molecule has 1 radical (unpaired) electrons. The molecule has 0 bridgehead atoms. The van der Waals surface area contributed by atoms with Crippen LogP contribution in [0, 0.1) is 0 Å². The molecule has 0 saturated heterocycles. The van der Waals surface area contributed by atoms with E-state index in [1.807, 2.05) is 0 Å². The summed E-state index contributed by atoms with van der Waals surface area (Å²) in [5.74, 6) is 0. The van der Waals surface area contributed by atoms with Gasteiger partial charge in [-0.3, -0.25) is 0 Å². The Labute approximate surface area is 128 Å². The second-order valence-electron chi connectivity index (χ2n) is 4.89. The zero-order valence-electron chi connectivity index (χ0n) is 11.8. The average molecular weight is 285 g/mol. The maximum atomic E-state index is 2.38. The Hall–Kier alpha value is -2.38. The fraction of sp³-hybridized carbons (Fsp3) is 0. The van der Waals surface area contributed by atoms with Crippen molar-refractivity contribution < 1.29 is 0 Å². The van der Waals surface area contributed by atoms with E-state index in [1.54, 1.807) is 0 Å². The maximum absolute atomic E-state index is 2.38. The Morgan fingerprint density at radius 1 is 0.524 bits per heavy atom. The summed E-state index contributed by atoms with van der Waals surface area (Å²) in [5, 5.41) is 2.83. The third-order valence-corrected chi connectivity index (χ3v) is 5.82. The van der Waals surface area contributed by atoms with Gasteiger partial charge in [-0.2, -0.15) is 0 Å². The van der Waals surface area contributed by atoms with Crippen molar-refractivity contribution in [3.05, 3.63) is 102 Å². The zero-order valence-corrected chi connectivity index (χ0v) is 12.8. The third-order valence-electron chi connectivity index (χ3n) is 3.41. The third kappa shape index (κ3) is 3.59. The van der Waals surface area contributed by atoms with Crippen molar-refractivity contribution in [3.63, 3.8) is 0 Å². The standard InChI is InChI=1S/C20H17Si/c1-4-10-18(11-5-1)16-17-21(19-12-6-2-7-13-19)20-14-8-3-9-15-20/h1-17H/b17-16+. The second-order valence-corrected chi connectivity index (χ2v) is 7.21. The van der Waals surface area contributed by atoms with Crippen molar-refractivity contribution in [2.75, 3.05) is 0 Å². The normalized spacial score (nSPS) is 11.1. The van der Waals surface area contributed by atoms with Crippen molar-refractivity contribution >= 4 is 25.2 Å². The monoisotopic (exact) mass is 285 g/mol. The van der Waals surface area contributed by atoms with E-state index in [2.05, 4.69) is 103 Å². The molecule has 3 aromatic rings. The molecule has 0 nitrogen and oxygen atoms in total. The van der Waals surface area contributed by atoms with Crippen LogP contribution in [0.4, 0.5) is 0 Å². The van der Waals surface area contributed by atoms with Gasteiger partial charge in [0.1, 0.15) is 8.80 Å². The first-order chi connectivity index (χ1) is 10.4. The molecule has 0 aliphatic heterocycles. The second kappa shape index (κ2) is 6.87. The van der Waals surface area contributed by atoms with E-state index in [0.29, 0.717) is 0 Å². The van der Waals surface area contributed by atoms with E-state index < -0.39 is 8.80 Å². The molecule has 3 rings (SSSR count). The molecule has 0 fully saturated rings. The van der Waals surface area contributed by atoms with E-state index in [4.69, 9.17) is 0 Å². The molecule has 0 unspecified atom stereocenters. The molecule has 0 aromatic heterocycles. The summed E-state index contributed by atoms with van der Waals surface area (Å²) in [6, 6.07) is 32.1. The van der Waals surface area contributed by atoms with E-state index in [0.717, 1.165) is 0 Å². The summed E-state index contributed by atoms with van der Waals surface area (Å²) in [6.45, 7) is 0. The van der Waals surface area contributed by atoms with Gasteiger partial charge in [0, 0.05) is 0 Å². The Balaban J connectivity index is 1.96. The van der Waals surface area contributed by atoms with Gasteiger partial charge < -0.3 is 0 Å². The first kappa shape index (κ1) is 13.6. The first-order valence-corrected chi connectivity index (χ1v) is 8.72. The predicted molar refractivity (Wildman–Crippen MR) is 93.4 cm³/mol. The highest BCUT2D eigenvalue weighted by atomic mass is 28.3. The van der Waals surface area contributed by atoms with Gasteiger partial charge in [-0.15, -0.1) is 0 Å². The molecule has 0 heterocycles. The molecule has 21 heavy (non-hydrogen) atoms. The van der Waals surface area contributed by atoms with E-state index in [1.165, 1.54) is 15.9 Å². The molecular weight excluding hydrogens is 268 g/mol. The van der Waals surface area contributed by atoms with Crippen LogP contribution < -0.4 is 10.4 Å². The van der Waals surface area contributed by atoms with Crippen LogP contribution in [0.25, 0.3) is 6.08 Å². The van der Waals surface area contributed by atoms with E-state index in [-0.39, 0.29) is 0 Å². The molecule has 0 N–H and O–H groups in total. The van der Waals surface area contributed by atoms with Crippen LogP contribution in [-0.2, 0) is 0 Å². The highest BCUT2D eigenvalue weighted by Crippen LogP contribution is 2.03. The molecule has 0 atom stereocenters. The lowest BCUT2D eigenvalue weighted by molar-refractivity contribution is 1.66. The predicted octanol–water partition coefficient (Wildman–Crippen LogP) is 3.55. The van der Waals surface area contributed by atoms with Gasteiger partial charge in [-0.05, 0) is 5.56 Å². The van der Waals surface area contributed by atoms with Crippen molar-refractivity contribution in [3.8, 4) is 0 Å². The van der Waals surface area contributed by atoms with Gasteiger partial charge in [0.15, 0.2) is 0 Å². The Morgan fingerprint density at radius 3 is 1.43 bits per heavy atom. The quantitative estimate of drug-likeness (QED) is 0.643. The minimum Gasteiger partial charge on any atom is -0.0867 e. The summed E-state index contributed by atoms with van der Waals surface area (Å²) in [4.78, 5) is 0. The molecule has 0 saturated carbocycles. The molecule has 0 aliphatic carbocycles. The van der Waals surface area contributed by atoms with Crippen LogP contribution in [-0.4, -0.2) is 8.80 Å². The van der Waals surface area contributed by atoms with Crippen molar-refractivity contribution in [2.24, 2.45) is 0 Å². The smallest absolute Gasteiger partial charge is 0.0867 e. The summed E-state index contributed by atoms with van der Waals surface area (Å²) in [6.07, 6.45) is 2.24. The average Bonchev–Trinajstić information content (AvgIpc) is 2.58. The lowest BCUT2D eigenvalue weighted by Gasteiger charge is -2.11. The van der Waals surface area contributed by atoms with Crippen molar-refractivity contribution in [1.82, 2.24) is 0 Å². The molecule has 101 valence electrons. The highest BCUT2D eigenvalue weighted by molar-refractivity contribution is 6.89. The molecule has 0 amide bonds. The largest absolute Gasteiger partial charge is 0.147 e. The number of hydrogen-bond donors (Lipinski definition) is 0. The molecule has 0 aliphatic rings. The van der Waals surface area contributed by atoms with Crippen LogP contribution in [0.5, 0.6) is 0 Å². The van der Waals surface area contributed by atoms with Gasteiger partial charge in [-0.1, -0.05) is 113 Å². The minimum atomic E-state index is -0.878. The van der Waals surface area contributed by atoms with Gasteiger partial charge >= 0.3 is 0 Å². The summed E-state index contributed by atoms with van der Waals surface area (Å²) >= 11 is 0. The first-order valence-electron chi connectivity index (χ1n) is 7.14. The van der Waals surface area contributed by atoms with Gasteiger partial charge in [-0.25, -0.2) is 0 Å². The van der Waals surface area contributed by atoms with Gasteiger partial charge in [0.05, 0.1) is 0 Å². The number of benzene rings is 3. The fourth-order valence-electron chi connectivity index (χ4n) is 2.34. The topological polar surface area (TPSA) is 0 Å². The van der Waals surface area contributed by atoms with Gasteiger partial charge in [0.25, 0.3) is 0 Å². The molecule has 3 aromatic carbocycles. The maximum Gasteiger partial charge on any atom is 0.147 e. The van der Waals surface area contributed by atoms with Crippen LogP contribution in [0.15, 0.2) is 96.7 Å². The Bertz CT molecular complexity index is 648. The zero-order chi connectivity index (χ0) is 14.3. The van der Waals surface area contributed by atoms with Crippen LogP contribution in [0.2, 0.25) is 0 Å². The Morgan fingerprint density at radius 2 is 0.952 bits per heavy atom. The Kier molecular flexibility index (Phi) is 4.44. The summed E-state index contributed by atoms with van der Waals surface area (Å²) < 4.78 is 0. The summed E-state index contributed by atoms with van der Waals surface area (Å²) in [5.41, 5.74) is 3.64. The number of rotatable bonds is 4. The van der Waals surface area contributed by atoms with Crippen molar-refractivity contribution in [1.29, 1.82) is 0 Å². The van der Waals surface area contributed by atoms with E-state index >= 15 is 0 Å². The molecular formula is C20H17Si. The summed E-state index contributed by atoms with van der Waals surface area (Å²) in [7, 11) is -0.878. The molecule has 0 spiro atoms. The van der Waals surface area contributed by atoms with Crippen LogP contribution >= 0.6 is 0 Å². The molecule has 1 heteroatoms. The van der Waals surface area contributed by atoms with Gasteiger partial charge in [0.2, 0.25) is 0 Å². The number of hydrogen-bond acceptors (Lipinski definition) is 0. The minimum absolute atomic E-state index is 0.878. The highest BCUT2D eigenvalue weighted by Gasteiger charge is 2.12. The lowest BCUT2D eigenvalue weighted by Crippen LogP contribution is -2.40.